The molecule has 1 aromatic rings. The SMILES string of the molecule is CC(c1ccc(Cl)cc1Cl)N1CC(N)C1. The zero-order chi connectivity index (χ0) is 11.0. The molecule has 1 aromatic carbocycles. The lowest BCUT2D eigenvalue weighted by molar-refractivity contribution is 0.103. The van der Waals surface area contributed by atoms with Crippen LogP contribution in [0.1, 0.15) is 18.5 Å². The van der Waals surface area contributed by atoms with Gasteiger partial charge in [-0.25, -0.2) is 0 Å². The van der Waals surface area contributed by atoms with Crippen LogP contribution in [0.15, 0.2) is 18.2 Å². The number of benzene rings is 1. The van der Waals surface area contributed by atoms with E-state index in [0.717, 1.165) is 23.7 Å². The zero-order valence-corrected chi connectivity index (χ0v) is 10.1. The van der Waals surface area contributed by atoms with Gasteiger partial charge in [0.25, 0.3) is 0 Å². The molecule has 0 aromatic heterocycles. The molecule has 1 atom stereocenters. The third kappa shape index (κ3) is 2.28. The van der Waals surface area contributed by atoms with Gasteiger partial charge in [-0.3, -0.25) is 4.90 Å². The Kier molecular flexibility index (Phi) is 3.21. The molecule has 0 aliphatic carbocycles. The fourth-order valence-corrected chi connectivity index (χ4v) is 2.47. The molecule has 0 spiro atoms. The average molecular weight is 245 g/mol. The molecule has 1 aliphatic heterocycles. The van der Waals surface area contributed by atoms with E-state index in [9.17, 15) is 0 Å². The van der Waals surface area contributed by atoms with Gasteiger partial charge in [-0.1, -0.05) is 29.3 Å². The van der Waals surface area contributed by atoms with Crippen molar-refractivity contribution in [2.75, 3.05) is 13.1 Å². The van der Waals surface area contributed by atoms with Crippen LogP contribution in [-0.4, -0.2) is 24.0 Å². The summed E-state index contributed by atoms with van der Waals surface area (Å²) in [5, 5.41) is 1.41. The second-order valence-corrected chi connectivity index (χ2v) is 4.90. The van der Waals surface area contributed by atoms with E-state index >= 15 is 0 Å². The van der Waals surface area contributed by atoms with Crippen LogP contribution >= 0.6 is 23.2 Å². The van der Waals surface area contributed by atoms with E-state index in [2.05, 4.69) is 11.8 Å². The van der Waals surface area contributed by atoms with Crippen LogP contribution < -0.4 is 5.73 Å². The molecule has 4 heteroatoms. The van der Waals surface area contributed by atoms with Crippen LogP contribution in [0.3, 0.4) is 0 Å². The molecule has 82 valence electrons. The molecule has 0 radical (unpaired) electrons. The minimum absolute atomic E-state index is 0.314. The number of nitrogens with two attached hydrogens (primary N) is 1. The van der Waals surface area contributed by atoms with Crippen LogP contribution in [-0.2, 0) is 0 Å². The van der Waals surface area contributed by atoms with Gasteiger partial charge in [0.1, 0.15) is 0 Å². The average Bonchev–Trinajstić information content (AvgIpc) is 2.12. The normalized spacial score (nSPS) is 20.0. The first kappa shape index (κ1) is 11.2. The summed E-state index contributed by atoms with van der Waals surface area (Å²) in [5.74, 6) is 0. The fraction of sp³-hybridized carbons (Fsp3) is 0.455. The van der Waals surface area contributed by atoms with Gasteiger partial charge >= 0.3 is 0 Å². The maximum absolute atomic E-state index is 6.14. The number of hydrogen-bond donors (Lipinski definition) is 1. The van der Waals surface area contributed by atoms with Gasteiger partial charge < -0.3 is 5.73 Å². The van der Waals surface area contributed by atoms with Crippen molar-refractivity contribution < 1.29 is 0 Å². The van der Waals surface area contributed by atoms with Crippen molar-refractivity contribution in [1.29, 1.82) is 0 Å². The van der Waals surface area contributed by atoms with E-state index < -0.39 is 0 Å². The maximum atomic E-state index is 6.14. The summed E-state index contributed by atoms with van der Waals surface area (Å²) in [6.07, 6.45) is 0. The third-order valence-electron chi connectivity index (χ3n) is 2.90. The maximum Gasteiger partial charge on any atom is 0.0468 e. The van der Waals surface area contributed by atoms with Gasteiger partial charge in [-0.15, -0.1) is 0 Å². The number of likely N-dealkylation sites (tertiary alicyclic amines) is 1. The van der Waals surface area contributed by atoms with Crippen LogP contribution in [0.25, 0.3) is 0 Å². The lowest BCUT2D eigenvalue weighted by Crippen LogP contribution is -2.56. The Bertz CT molecular complexity index is 362. The van der Waals surface area contributed by atoms with Gasteiger partial charge in [-0.2, -0.15) is 0 Å². The van der Waals surface area contributed by atoms with E-state index in [4.69, 9.17) is 28.9 Å². The van der Waals surface area contributed by atoms with Crippen molar-refractivity contribution in [3.05, 3.63) is 33.8 Å². The molecule has 2 nitrogen and oxygen atoms in total. The molecular weight excluding hydrogens is 231 g/mol. The van der Waals surface area contributed by atoms with Crippen molar-refractivity contribution in [2.45, 2.75) is 19.0 Å². The first-order valence-corrected chi connectivity index (χ1v) is 5.78. The fourth-order valence-electron chi connectivity index (χ4n) is 1.90. The van der Waals surface area contributed by atoms with Gasteiger partial charge in [-0.05, 0) is 24.6 Å². The number of nitrogens with zero attached hydrogens (tertiary/aromatic N) is 1. The summed E-state index contributed by atoms with van der Waals surface area (Å²) in [6, 6.07) is 6.28. The summed E-state index contributed by atoms with van der Waals surface area (Å²) < 4.78 is 0. The third-order valence-corrected chi connectivity index (χ3v) is 3.46. The smallest absolute Gasteiger partial charge is 0.0468 e. The highest BCUT2D eigenvalue weighted by Crippen LogP contribution is 2.31. The molecule has 1 aliphatic rings. The lowest BCUT2D eigenvalue weighted by Gasteiger charge is -2.41. The monoisotopic (exact) mass is 244 g/mol. The quantitative estimate of drug-likeness (QED) is 0.867. The first-order chi connectivity index (χ1) is 7.08. The molecule has 1 unspecified atom stereocenters. The van der Waals surface area contributed by atoms with Gasteiger partial charge in [0.2, 0.25) is 0 Å². The molecule has 1 heterocycles. The van der Waals surface area contributed by atoms with Crippen LogP contribution in [0.4, 0.5) is 0 Å². The highest BCUT2D eigenvalue weighted by molar-refractivity contribution is 6.35. The predicted molar refractivity (Wildman–Crippen MR) is 64.4 cm³/mol. The van der Waals surface area contributed by atoms with Crippen molar-refractivity contribution in [3.63, 3.8) is 0 Å². The van der Waals surface area contributed by atoms with Crippen LogP contribution in [0.5, 0.6) is 0 Å². The molecule has 0 bridgehead atoms. The van der Waals surface area contributed by atoms with E-state index in [-0.39, 0.29) is 0 Å². The summed E-state index contributed by atoms with van der Waals surface area (Å²) in [4.78, 5) is 2.31. The molecule has 0 saturated carbocycles. The summed E-state index contributed by atoms with van der Waals surface area (Å²) in [7, 11) is 0. The first-order valence-electron chi connectivity index (χ1n) is 5.02. The molecule has 2 rings (SSSR count). The summed E-state index contributed by atoms with van der Waals surface area (Å²) in [5.41, 5.74) is 6.87. The largest absolute Gasteiger partial charge is 0.325 e. The summed E-state index contributed by atoms with van der Waals surface area (Å²) in [6.45, 7) is 4.03. The number of rotatable bonds is 2. The van der Waals surface area contributed by atoms with E-state index in [0.29, 0.717) is 17.1 Å². The molecule has 0 amide bonds. The Morgan fingerprint density at radius 1 is 1.40 bits per heavy atom. The molecule has 1 saturated heterocycles. The topological polar surface area (TPSA) is 29.3 Å². The van der Waals surface area contributed by atoms with Gasteiger partial charge in [0.15, 0.2) is 0 Å². The molecular formula is C11H14Cl2N2. The summed E-state index contributed by atoms with van der Waals surface area (Å²) >= 11 is 12.0. The second kappa shape index (κ2) is 4.30. The molecule has 15 heavy (non-hydrogen) atoms. The second-order valence-electron chi connectivity index (χ2n) is 4.06. The minimum Gasteiger partial charge on any atom is -0.325 e. The van der Waals surface area contributed by atoms with Crippen LogP contribution in [0, 0.1) is 0 Å². The molecule has 1 fully saturated rings. The number of hydrogen-bond acceptors (Lipinski definition) is 2. The number of halogens is 2. The zero-order valence-electron chi connectivity index (χ0n) is 8.58. The van der Waals surface area contributed by atoms with E-state index in [1.54, 1.807) is 6.07 Å². The Morgan fingerprint density at radius 2 is 2.07 bits per heavy atom. The predicted octanol–water partition coefficient (Wildman–Crippen LogP) is 2.70. The van der Waals surface area contributed by atoms with Crippen molar-refractivity contribution >= 4 is 23.2 Å². The van der Waals surface area contributed by atoms with Crippen molar-refractivity contribution in [2.24, 2.45) is 5.73 Å². The lowest BCUT2D eigenvalue weighted by atomic mass is 10.0. The Balaban J connectivity index is 2.15. The van der Waals surface area contributed by atoms with Crippen LogP contribution in [0.2, 0.25) is 10.0 Å². The van der Waals surface area contributed by atoms with Crippen molar-refractivity contribution in [1.82, 2.24) is 4.90 Å². The highest BCUT2D eigenvalue weighted by Gasteiger charge is 2.28. The van der Waals surface area contributed by atoms with Crippen molar-refractivity contribution in [3.8, 4) is 0 Å². The molecule has 2 N–H and O–H groups in total. The Hall–Kier alpha value is -0.280. The highest BCUT2D eigenvalue weighted by atomic mass is 35.5. The Morgan fingerprint density at radius 3 is 2.60 bits per heavy atom. The minimum atomic E-state index is 0.314. The standard InChI is InChI=1S/C11H14Cl2N2/c1-7(15-5-9(14)6-15)10-3-2-8(12)4-11(10)13/h2-4,7,9H,5-6,14H2,1H3. The Labute approximate surface area is 100.0 Å². The van der Waals surface area contributed by atoms with Gasteiger partial charge in [0, 0.05) is 35.2 Å². The van der Waals surface area contributed by atoms with E-state index in [1.807, 2.05) is 12.1 Å². The van der Waals surface area contributed by atoms with E-state index in [1.165, 1.54) is 0 Å². The van der Waals surface area contributed by atoms with Gasteiger partial charge in [0.05, 0.1) is 0 Å².